The smallest absolute Gasteiger partial charge is 0.0762 e. The fourth-order valence-corrected chi connectivity index (χ4v) is 1.60. The highest BCUT2D eigenvalue weighted by Crippen LogP contribution is 1.96. The molecule has 0 spiro atoms. The second kappa shape index (κ2) is 6.52. The zero-order chi connectivity index (χ0) is 10.2. The molecule has 0 aliphatic carbocycles. The van der Waals surface area contributed by atoms with Crippen molar-refractivity contribution in [2.24, 2.45) is 7.05 Å². The van der Waals surface area contributed by atoms with Crippen molar-refractivity contribution >= 4 is 11.8 Å². The van der Waals surface area contributed by atoms with Gasteiger partial charge in [-0.2, -0.15) is 5.10 Å². The molecule has 0 aliphatic rings. The van der Waals surface area contributed by atoms with Gasteiger partial charge < -0.3 is 5.32 Å². The topological polar surface area (TPSA) is 29.9 Å². The first kappa shape index (κ1) is 11.2. The van der Waals surface area contributed by atoms with Crippen molar-refractivity contribution in [2.75, 3.05) is 18.1 Å². The molecule has 1 aromatic rings. The number of thioether (sulfide) groups is 1. The van der Waals surface area contributed by atoms with Crippen LogP contribution in [0.3, 0.4) is 0 Å². The normalized spacial score (nSPS) is 10.0. The van der Waals surface area contributed by atoms with E-state index in [0.29, 0.717) is 0 Å². The number of rotatable bonds is 6. The van der Waals surface area contributed by atoms with Crippen LogP contribution in [0, 0.1) is 12.3 Å². The third-order valence-electron chi connectivity index (χ3n) is 1.68. The van der Waals surface area contributed by atoms with E-state index in [4.69, 9.17) is 6.42 Å². The summed E-state index contributed by atoms with van der Waals surface area (Å²) in [4.78, 5) is 0. The maximum atomic E-state index is 5.13. The predicted octanol–water partition coefficient (Wildman–Crippen LogP) is 0.876. The van der Waals surface area contributed by atoms with E-state index in [9.17, 15) is 0 Å². The van der Waals surface area contributed by atoms with Crippen molar-refractivity contribution in [1.29, 1.82) is 0 Å². The van der Waals surface area contributed by atoms with Gasteiger partial charge in [0.15, 0.2) is 0 Å². The van der Waals surface area contributed by atoms with Crippen LogP contribution in [-0.2, 0) is 13.6 Å². The quantitative estimate of drug-likeness (QED) is 0.557. The van der Waals surface area contributed by atoms with Crippen molar-refractivity contribution in [3.63, 3.8) is 0 Å². The summed E-state index contributed by atoms with van der Waals surface area (Å²) in [6.07, 6.45) is 7.08. The summed E-state index contributed by atoms with van der Waals surface area (Å²) in [7, 11) is 1.92. The molecule has 0 aliphatic heterocycles. The molecule has 0 fully saturated rings. The van der Waals surface area contributed by atoms with Crippen molar-refractivity contribution in [3.8, 4) is 12.3 Å². The van der Waals surface area contributed by atoms with E-state index < -0.39 is 0 Å². The third-order valence-corrected chi connectivity index (χ3v) is 2.55. The van der Waals surface area contributed by atoms with Gasteiger partial charge in [0.2, 0.25) is 0 Å². The van der Waals surface area contributed by atoms with E-state index >= 15 is 0 Å². The Labute approximate surface area is 89.3 Å². The van der Waals surface area contributed by atoms with Crippen LogP contribution >= 0.6 is 11.8 Å². The largest absolute Gasteiger partial charge is 0.310 e. The van der Waals surface area contributed by atoms with E-state index in [2.05, 4.69) is 16.3 Å². The summed E-state index contributed by atoms with van der Waals surface area (Å²) >= 11 is 1.77. The molecule has 0 aromatic carbocycles. The molecule has 0 amide bonds. The molecule has 0 saturated heterocycles. The number of aryl methyl sites for hydroxylation is 1. The number of hydrogen-bond donors (Lipinski definition) is 1. The number of aromatic nitrogens is 2. The van der Waals surface area contributed by atoms with Gasteiger partial charge in [-0.25, -0.2) is 0 Å². The highest BCUT2D eigenvalue weighted by molar-refractivity contribution is 7.99. The molecule has 0 bridgehead atoms. The lowest BCUT2D eigenvalue weighted by Crippen LogP contribution is -2.17. The monoisotopic (exact) mass is 209 g/mol. The molecule has 4 heteroatoms. The van der Waals surface area contributed by atoms with Crippen molar-refractivity contribution < 1.29 is 0 Å². The molecule has 76 valence electrons. The number of nitrogens with zero attached hydrogens (tertiary/aromatic N) is 2. The molecule has 1 rings (SSSR count). The highest BCUT2D eigenvalue weighted by Gasteiger charge is 1.94. The summed E-state index contributed by atoms with van der Waals surface area (Å²) in [6, 6.07) is 2.02. The van der Waals surface area contributed by atoms with Crippen LogP contribution in [-0.4, -0.2) is 27.8 Å². The molecule has 0 saturated carbocycles. The van der Waals surface area contributed by atoms with Gasteiger partial charge in [-0.1, -0.05) is 5.92 Å². The van der Waals surface area contributed by atoms with Crippen LogP contribution < -0.4 is 5.32 Å². The molecule has 14 heavy (non-hydrogen) atoms. The Hall–Kier alpha value is -0.920. The van der Waals surface area contributed by atoms with E-state index in [-0.39, 0.29) is 0 Å². The maximum Gasteiger partial charge on any atom is 0.0762 e. The number of nitrogens with one attached hydrogen (secondary N) is 1. The fraction of sp³-hybridized carbons (Fsp3) is 0.500. The van der Waals surface area contributed by atoms with Crippen molar-refractivity contribution in [1.82, 2.24) is 15.1 Å². The highest BCUT2D eigenvalue weighted by atomic mass is 32.2. The van der Waals surface area contributed by atoms with Gasteiger partial charge in [-0.15, -0.1) is 18.2 Å². The van der Waals surface area contributed by atoms with Gasteiger partial charge >= 0.3 is 0 Å². The van der Waals surface area contributed by atoms with Crippen LogP contribution in [0.5, 0.6) is 0 Å². The Bertz CT molecular complexity index is 301. The second-order valence-electron chi connectivity index (χ2n) is 2.91. The number of hydrogen-bond acceptors (Lipinski definition) is 3. The van der Waals surface area contributed by atoms with Gasteiger partial charge in [0.25, 0.3) is 0 Å². The van der Waals surface area contributed by atoms with Crippen LogP contribution in [0.25, 0.3) is 0 Å². The van der Waals surface area contributed by atoms with E-state index in [0.717, 1.165) is 30.3 Å². The lowest BCUT2D eigenvalue weighted by Gasteiger charge is -2.00. The van der Waals surface area contributed by atoms with Crippen LogP contribution in [0.4, 0.5) is 0 Å². The first-order chi connectivity index (χ1) is 6.83. The summed E-state index contributed by atoms with van der Waals surface area (Å²) in [5.41, 5.74) is 1.08. The van der Waals surface area contributed by atoms with Gasteiger partial charge in [-0.05, 0) is 6.07 Å². The Balaban J connectivity index is 2.02. The van der Waals surface area contributed by atoms with E-state index in [1.54, 1.807) is 11.8 Å². The van der Waals surface area contributed by atoms with E-state index in [1.165, 1.54) is 0 Å². The molecule has 1 aromatic heterocycles. The Morgan fingerprint density at radius 3 is 3.21 bits per heavy atom. The summed E-state index contributed by atoms with van der Waals surface area (Å²) in [6.45, 7) is 1.81. The Morgan fingerprint density at radius 1 is 1.71 bits per heavy atom. The molecular formula is C10H15N3S. The first-order valence-corrected chi connectivity index (χ1v) is 5.69. The van der Waals surface area contributed by atoms with Crippen LogP contribution in [0.2, 0.25) is 0 Å². The molecule has 0 atom stereocenters. The Kier molecular flexibility index (Phi) is 5.20. The van der Waals surface area contributed by atoms with Gasteiger partial charge in [0.1, 0.15) is 0 Å². The standard InChI is InChI=1S/C10H15N3S/c1-3-7-14-8-5-11-9-10-4-6-13(2)12-10/h1,4,6,11H,5,7-9H2,2H3. The SMILES string of the molecule is C#CCSCCNCc1ccn(C)n1. The fourth-order valence-electron chi connectivity index (χ4n) is 1.05. The lowest BCUT2D eigenvalue weighted by molar-refractivity contribution is 0.680. The summed E-state index contributed by atoms with van der Waals surface area (Å²) < 4.78 is 1.81. The van der Waals surface area contributed by atoms with Crippen molar-refractivity contribution in [3.05, 3.63) is 18.0 Å². The second-order valence-corrected chi connectivity index (χ2v) is 4.02. The minimum atomic E-state index is 0.797. The third kappa shape index (κ3) is 4.35. The van der Waals surface area contributed by atoms with Gasteiger partial charge in [0.05, 0.1) is 11.4 Å². The average molecular weight is 209 g/mol. The van der Waals surface area contributed by atoms with Crippen molar-refractivity contribution in [2.45, 2.75) is 6.54 Å². The molecule has 1 heterocycles. The predicted molar refractivity (Wildman–Crippen MR) is 61.1 cm³/mol. The lowest BCUT2D eigenvalue weighted by atomic mass is 10.4. The maximum absolute atomic E-state index is 5.13. The van der Waals surface area contributed by atoms with Gasteiger partial charge in [0, 0.05) is 32.1 Å². The molecule has 0 radical (unpaired) electrons. The molecular weight excluding hydrogens is 194 g/mol. The average Bonchev–Trinajstić information content (AvgIpc) is 2.58. The van der Waals surface area contributed by atoms with Crippen LogP contribution in [0.15, 0.2) is 12.3 Å². The molecule has 3 nitrogen and oxygen atoms in total. The summed E-state index contributed by atoms with van der Waals surface area (Å²) in [5.74, 6) is 4.45. The Morgan fingerprint density at radius 2 is 2.57 bits per heavy atom. The van der Waals surface area contributed by atoms with E-state index in [1.807, 2.05) is 24.0 Å². The first-order valence-electron chi connectivity index (χ1n) is 4.53. The minimum Gasteiger partial charge on any atom is -0.310 e. The van der Waals surface area contributed by atoms with Crippen LogP contribution in [0.1, 0.15) is 5.69 Å². The number of terminal acetylenes is 1. The zero-order valence-electron chi connectivity index (χ0n) is 8.36. The molecule has 0 unspecified atom stereocenters. The molecule has 1 N–H and O–H groups in total. The van der Waals surface area contributed by atoms with Gasteiger partial charge in [-0.3, -0.25) is 4.68 Å². The summed E-state index contributed by atoms with van der Waals surface area (Å²) in [5, 5.41) is 7.57. The minimum absolute atomic E-state index is 0.797. The zero-order valence-corrected chi connectivity index (χ0v) is 9.18.